The minimum absolute atomic E-state index is 0.0236. The van der Waals surface area contributed by atoms with Crippen molar-refractivity contribution in [1.29, 1.82) is 0 Å². The highest BCUT2D eigenvalue weighted by Crippen LogP contribution is 2.21. The second-order valence-corrected chi connectivity index (χ2v) is 6.75. The lowest BCUT2D eigenvalue weighted by Gasteiger charge is -2.20. The molecule has 0 aromatic rings. The number of hydrogen-bond acceptors (Lipinski definition) is 3. The van der Waals surface area contributed by atoms with E-state index in [4.69, 9.17) is 5.73 Å². The van der Waals surface area contributed by atoms with Gasteiger partial charge in [0.1, 0.15) is 0 Å². The quantitative estimate of drug-likeness (QED) is 0.526. The largest absolute Gasteiger partial charge is 0.370 e. The van der Waals surface area contributed by atoms with E-state index in [9.17, 15) is 8.42 Å². The van der Waals surface area contributed by atoms with E-state index in [-0.39, 0.29) is 6.04 Å². The highest BCUT2D eigenvalue weighted by molar-refractivity contribution is 7.88. The summed E-state index contributed by atoms with van der Waals surface area (Å²) >= 11 is 0. The van der Waals surface area contributed by atoms with Crippen molar-refractivity contribution in [3.63, 3.8) is 0 Å². The van der Waals surface area contributed by atoms with Crippen LogP contribution in [-0.2, 0) is 10.0 Å². The van der Waals surface area contributed by atoms with Crippen molar-refractivity contribution in [1.82, 2.24) is 9.62 Å². The van der Waals surface area contributed by atoms with Crippen LogP contribution in [0.4, 0.5) is 0 Å². The summed E-state index contributed by atoms with van der Waals surface area (Å²) in [6.07, 6.45) is 5.32. The highest BCUT2D eigenvalue weighted by Gasteiger charge is 2.31. The van der Waals surface area contributed by atoms with Gasteiger partial charge in [-0.25, -0.2) is 8.42 Å². The summed E-state index contributed by atoms with van der Waals surface area (Å²) in [5.74, 6) is 0.438. The fourth-order valence-electron chi connectivity index (χ4n) is 2.11. The maximum absolute atomic E-state index is 11.5. The smallest absolute Gasteiger partial charge is 0.211 e. The van der Waals surface area contributed by atoms with Gasteiger partial charge in [0.2, 0.25) is 10.0 Å². The number of hydrogen-bond donors (Lipinski definition) is 2. The van der Waals surface area contributed by atoms with E-state index in [2.05, 4.69) is 10.3 Å². The summed E-state index contributed by atoms with van der Waals surface area (Å²) in [6.45, 7) is 1.06. The summed E-state index contributed by atoms with van der Waals surface area (Å²) in [5.41, 5.74) is 5.72. The van der Waals surface area contributed by atoms with Gasteiger partial charge in [0.15, 0.2) is 5.96 Å². The van der Waals surface area contributed by atoms with E-state index in [0.717, 1.165) is 25.7 Å². The molecule has 0 aromatic carbocycles. The molecular formula is C10H20N4O2S. The molecule has 3 N–H and O–H groups in total. The van der Waals surface area contributed by atoms with Crippen molar-refractivity contribution in [3.05, 3.63) is 0 Å². The van der Waals surface area contributed by atoms with Crippen LogP contribution < -0.4 is 11.1 Å². The Bertz CT molecular complexity index is 403. The lowest BCUT2D eigenvalue weighted by Crippen LogP contribution is -2.38. The van der Waals surface area contributed by atoms with E-state index in [1.807, 2.05) is 0 Å². The van der Waals surface area contributed by atoms with E-state index in [0.29, 0.717) is 25.1 Å². The fraction of sp³-hybridized carbons (Fsp3) is 0.900. The zero-order chi connectivity index (χ0) is 12.5. The molecule has 0 spiro atoms. The third kappa shape index (κ3) is 3.57. The molecule has 0 amide bonds. The first-order valence-corrected chi connectivity index (χ1v) is 7.85. The zero-order valence-corrected chi connectivity index (χ0v) is 10.9. The second-order valence-electron chi connectivity index (χ2n) is 4.81. The van der Waals surface area contributed by atoms with Gasteiger partial charge < -0.3 is 11.1 Å². The Morgan fingerprint density at radius 2 is 2.18 bits per heavy atom. The van der Waals surface area contributed by atoms with Crippen molar-refractivity contribution >= 4 is 16.0 Å². The van der Waals surface area contributed by atoms with Crippen LogP contribution >= 0.6 is 0 Å². The first-order valence-electron chi connectivity index (χ1n) is 6.00. The number of nitrogens with one attached hydrogen (secondary N) is 1. The van der Waals surface area contributed by atoms with Crippen molar-refractivity contribution in [2.45, 2.75) is 37.8 Å². The van der Waals surface area contributed by atoms with Gasteiger partial charge in [-0.3, -0.25) is 4.99 Å². The Balaban J connectivity index is 1.89. The number of aliphatic imine (C=N–C) groups is 1. The predicted octanol–water partition coefficient (Wildman–Crippen LogP) is -0.523. The van der Waals surface area contributed by atoms with Crippen LogP contribution in [0, 0.1) is 0 Å². The molecule has 1 saturated carbocycles. The molecule has 1 saturated heterocycles. The van der Waals surface area contributed by atoms with Crippen LogP contribution in [0.5, 0.6) is 0 Å². The molecule has 1 heterocycles. The Kier molecular flexibility index (Phi) is 3.58. The number of nitrogens with zero attached hydrogens (tertiary/aromatic N) is 2. The Morgan fingerprint density at radius 3 is 2.76 bits per heavy atom. The summed E-state index contributed by atoms with van der Waals surface area (Å²) in [4.78, 5) is 4.23. The molecule has 98 valence electrons. The van der Waals surface area contributed by atoms with Crippen molar-refractivity contribution < 1.29 is 8.42 Å². The summed E-state index contributed by atoms with van der Waals surface area (Å²) in [5, 5.41) is 3.09. The van der Waals surface area contributed by atoms with Gasteiger partial charge in [-0.15, -0.1) is 0 Å². The van der Waals surface area contributed by atoms with Crippen LogP contribution in [0.3, 0.4) is 0 Å². The molecule has 2 rings (SSSR count). The first kappa shape index (κ1) is 12.6. The minimum Gasteiger partial charge on any atom is -0.370 e. The first-order chi connectivity index (χ1) is 7.97. The third-order valence-electron chi connectivity index (χ3n) is 3.15. The molecule has 0 radical (unpaired) electrons. The molecule has 1 atom stereocenters. The zero-order valence-electron chi connectivity index (χ0n) is 10.1. The maximum atomic E-state index is 11.5. The molecule has 7 heteroatoms. The van der Waals surface area contributed by atoms with E-state index < -0.39 is 10.0 Å². The van der Waals surface area contributed by atoms with E-state index in [1.165, 1.54) is 10.6 Å². The molecule has 0 unspecified atom stereocenters. The molecule has 2 aliphatic rings. The number of guanidine groups is 1. The van der Waals surface area contributed by atoms with Gasteiger partial charge in [-0.2, -0.15) is 4.31 Å². The lowest BCUT2D eigenvalue weighted by atomic mass is 10.2. The van der Waals surface area contributed by atoms with E-state index in [1.54, 1.807) is 0 Å². The van der Waals surface area contributed by atoms with Crippen molar-refractivity contribution in [3.8, 4) is 0 Å². The molecule has 0 bridgehead atoms. The van der Waals surface area contributed by atoms with Gasteiger partial charge in [-0.05, 0) is 25.7 Å². The normalized spacial score (nSPS) is 27.4. The van der Waals surface area contributed by atoms with Gasteiger partial charge in [0.25, 0.3) is 0 Å². The lowest BCUT2D eigenvalue weighted by molar-refractivity contribution is 0.397. The molecule has 17 heavy (non-hydrogen) atoms. The number of nitrogens with two attached hydrogens (primary N) is 1. The topological polar surface area (TPSA) is 87.8 Å². The molecule has 0 aromatic heterocycles. The second kappa shape index (κ2) is 4.81. The van der Waals surface area contributed by atoms with Crippen molar-refractivity contribution in [2.24, 2.45) is 10.7 Å². The monoisotopic (exact) mass is 260 g/mol. The standard InChI is InChI=1S/C10H20N4O2S/c1-17(15,16)14-6-2-3-9(14)7-12-10(11)13-8-4-5-8/h8-9H,2-7H2,1H3,(H3,11,12,13)/t9-/m1/s1. The van der Waals surface area contributed by atoms with Gasteiger partial charge in [0, 0.05) is 18.6 Å². The predicted molar refractivity (Wildman–Crippen MR) is 67.2 cm³/mol. The summed E-state index contributed by atoms with van der Waals surface area (Å²) in [6, 6.07) is 0.456. The van der Waals surface area contributed by atoms with Crippen molar-refractivity contribution in [2.75, 3.05) is 19.3 Å². The minimum atomic E-state index is -3.11. The van der Waals surface area contributed by atoms with Gasteiger partial charge in [-0.1, -0.05) is 0 Å². The molecule has 2 fully saturated rings. The Hall–Kier alpha value is -0.820. The molecule has 6 nitrogen and oxygen atoms in total. The van der Waals surface area contributed by atoms with Crippen LogP contribution in [0.15, 0.2) is 4.99 Å². The van der Waals surface area contributed by atoms with Crippen LogP contribution in [0.1, 0.15) is 25.7 Å². The number of rotatable bonds is 4. The van der Waals surface area contributed by atoms with Gasteiger partial charge in [0.05, 0.1) is 12.8 Å². The Labute approximate surface area is 102 Å². The average molecular weight is 260 g/mol. The molecule has 1 aliphatic carbocycles. The molecular weight excluding hydrogens is 240 g/mol. The van der Waals surface area contributed by atoms with E-state index >= 15 is 0 Å². The molecule has 1 aliphatic heterocycles. The van der Waals surface area contributed by atoms with Crippen LogP contribution in [-0.4, -0.2) is 50.1 Å². The third-order valence-corrected chi connectivity index (χ3v) is 4.48. The Morgan fingerprint density at radius 1 is 1.47 bits per heavy atom. The van der Waals surface area contributed by atoms with Gasteiger partial charge >= 0.3 is 0 Å². The average Bonchev–Trinajstić information content (AvgIpc) is 2.89. The van der Waals surface area contributed by atoms with Crippen LogP contribution in [0.2, 0.25) is 0 Å². The SMILES string of the molecule is CS(=O)(=O)N1CCC[C@@H]1CN=C(N)NC1CC1. The maximum Gasteiger partial charge on any atom is 0.211 e. The number of sulfonamides is 1. The highest BCUT2D eigenvalue weighted by atomic mass is 32.2. The van der Waals surface area contributed by atoms with Crippen LogP contribution in [0.25, 0.3) is 0 Å². The summed E-state index contributed by atoms with van der Waals surface area (Å²) in [7, 11) is -3.11. The summed E-state index contributed by atoms with van der Waals surface area (Å²) < 4.78 is 24.5. The fourth-order valence-corrected chi connectivity index (χ4v) is 3.29.